The number of hydrogen-bond donors (Lipinski definition) is 2. The first-order valence-corrected chi connectivity index (χ1v) is 8.74. The SMILES string of the molecule is CNC(=O)c1cc([N+](=O)[O-])ccc1NC(c1cccc(C)c1)c1ccccn1. The van der Waals surface area contributed by atoms with Crippen molar-refractivity contribution in [1.82, 2.24) is 10.3 Å². The lowest BCUT2D eigenvalue weighted by molar-refractivity contribution is -0.384. The van der Waals surface area contributed by atoms with Crippen molar-refractivity contribution in [2.75, 3.05) is 12.4 Å². The molecule has 1 amide bonds. The number of carbonyl (C=O) groups is 1. The highest BCUT2D eigenvalue weighted by Crippen LogP contribution is 2.30. The number of nitro groups is 1. The van der Waals surface area contributed by atoms with E-state index in [4.69, 9.17) is 0 Å². The second kappa shape index (κ2) is 8.30. The molecule has 0 aliphatic heterocycles. The number of nitro benzene ring substituents is 1. The van der Waals surface area contributed by atoms with Gasteiger partial charge in [-0.2, -0.15) is 0 Å². The molecule has 0 aliphatic carbocycles. The number of benzene rings is 2. The first-order valence-electron chi connectivity index (χ1n) is 8.74. The fourth-order valence-corrected chi connectivity index (χ4v) is 2.97. The molecule has 1 unspecified atom stereocenters. The minimum atomic E-state index is -0.521. The average Bonchev–Trinajstić information content (AvgIpc) is 2.72. The van der Waals surface area contributed by atoms with Crippen LogP contribution in [0.3, 0.4) is 0 Å². The molecule has 0 radical (unpaired) electrons. The van der Waals surface area contributed by atoms with Crippen LogP contribution in [0.1, 0.15) is 33.2 Å². The van der Waals surface area contributed by atoms with Crippen LogP contribution in [0.2, 0.25) is 0 Å². The van der Waals surface area contributed by atoms with Crippen molar-refractivity contribution in [1.29, 1.82) is 0 Å². The second-order valence-electron chi connectivity index (χ2n) is 6.31. The van der Waals surface area contributed by atoms with E-state index in [9.17, 15) is 14.9 Å². The van der Waals surface area contributed by atoms with Crippen molar-refractivity contribution in [3.8, 4) is 0 Å². The third kappa shape index (κ3) is 4.15. The number of hydrogen-bond acceptors (Lipinski definition) is 5. The molecule has 28 heavy (non-hydrogen) atoms. The van der Waals surface area contributed by atoms with Gasteiger partial charge in [0, 0.05) is 31.1 Å². The van der Waals surface area contributed by atoms with Gasteiger partial charge in [-0.05, 0) is 30.7 Å². The topological polar surface area (TPSA) is 97.2 Å². The summed E-state index contributed by atoms with van der Waals surface area (Å²) in [6.07, 6.45) is 1.70. The summed E-state index contributed by atoms with van der Waals surface area (Å²) in [5.41, 5.74) is 3.38. The maximum Gasteiger partial charge on any atom is 0.270 e. The number of nitrogens with one attached hydrogen (secondary N) is 2. The van der Waals surface area contributed by atoms with Gasteiger partial charge in [0.2, 0.25) is 0 Å². The Hall–Kier alpha value is -3.74. The maximum atomic E-state index is 12.3. The van der Waals surface area contributed by atoms with Crippen LogP contribution in [0.4, 0.5) is 11.4 Å². The Morgan fingerprint density at radius 3 is 2.57 bits per heavy atom. The smallest absolute Gasteiger partial charge is 0.270 e. The molecule has 1 heterocycles. The first kappa shape index (κ1) is 19.0. The van der Waals surface area contributed by atoms with E-state index in [0.717, 1.165) is 16.8 Å². The number of amides is 1. The molecule has 0 aliphatic rings. The Labute approximate surface area is 162 Å². The molecule has 2 N–H and O–H groups in total. The average molecular weight is 376 g/mol. The van der Waals surface area contributed by atoms with Crippen LogP contribution in [0.25, 0.3) is 0 Å². The van der Waals surface area contributed by atoms with Gasteiger partial charge in [0.1, 0.15) is 0 Å². The van der Waals surface area contributed by atoms with Crippen molar-refractivity contribution in [2.45, 2.75) is 13.0 Å². The Morgan fingerprint density at radius 2 is 1.93 bits per heavy atom. The van der Waals surface area contributed by atoms with Gasteiger partial charge in [-0.1, -0.05) is 35.9 Å². The van der Waals surface area contributed by atoms with E-state index < -0.39 is 10.8 Å². The summed E-state index contributed by atoms with van der Waals surface area (Å²) in [7, 11) is 1.49. The molecule has 7 nitrogen and oxygen atoms in total. The number of nitrogens with zero attached hydrogens (tertiary/aromatic N) is 2. The van der Waals surface area contributed by atoms with E-state index in [-0.39, 0.29) is 17.3 Å². The fourth-order valence-electron chi connectivity index (χ4n) is 2.97. The molecule has 1 aromatic heterocycles. The van der Waals surface area contributed by atoms with Gasteiger partial charge < -0.3 is 10.6 Å². The molecule has 142 valence electrons. The Balaban J connectivity index is 2.08. The van der Waals surface area contributed by atoms with Crippen molar-refractivity contribution >= 4 is 17.3 Å². The Kier molecular flexibility index (Phi) is 5.64. The monoisotopic (exact) mass is 376 g/mol. The van der Waals surface area contributed by atoms with Gasteiger partial charge in [-0.15, -0.1) is 0 Å². The van der Waals surface area contributed by atoms with Gasteiger partial charge in [0.05, 0.1) is 22.2 Å². The second-order valence-corrected chi connectivity index (χ2v) is 6.31. The minimum Gasteiger partial charge on any atom is -0.372 e. The lowest BCUT2D eigenvalue weighted by atomic mass is 10.00. The summed E-state index contributed by atoms with van der Waals surface area (Å²) in [6.45, 7) is 2.00. The normalized spacial score (nSPS) is 11.5. The van der Waals surface area contributed by atoms with Crippen LogP contribution in [0, 0.1) is 17.0 Å². The number of pyridine rings is 1. The maximum absolute atomic E-state index is 12.3. The largest absolute Gasteiger partial charge is 0.372 e. The number of non-ortho nitro benzene ring substituents is 1. The Morgan fingerprint density at radius 1 is 1.11 bits per heavy atom. The summed E-state index contributed by atoms with van der Waals surface area (Å²) in [5, 5.41) is 17.0. The molecule has 7 heteroatoms. The van der Waals surface area contributed by atoms with Crippen LogP contribution in [-0.4, -0.2) is 22.9 Å². The van der Waals surface area contributed by atoms with E-state index in [1.165, 1.54) is 19.2 Å². The van der Waals surface area contributed by atoms with Gasteiger partial charge in [-0.25, -0.2) is 0 Å². The van der Waals surface area contributed by atoms with E-state index in [1.54, 1.807) is 12.3 Å². The van der Waals surface area contributed by atoms with Crippen molar-refractivity contribution in [3.63, 3.8) is 0 Å². The molecule has 0 spiro atoms. The van der Waals surface area contributed by atoms with Crippen LogP contribution >= 0.6 is 0 Å². The predicted octanol–water partition coefficient (Wildman–Crippen LogP) is 3.86. The van der Waals surface area contributed by atoms with Crippen LogP contribution < -0.4 is 10.6 Å². The first-order chi connectivity index (χ1) is 13.5. The molecule has 3 aromatic rings. The number of aryl methyl sites for hydroxylation is 1. The molecular formula is C21H20N4O3. The quantitative estimate of drug-likeness (QED) is 0.503. The van der Waals surface area contributed by atoms with Crippen LogP contribution in [-0.2, 0) is 0 Å². The molecular weight excluding hydrogens is 356 g/mol. The highest BCUT2D eigenvalue weighted by atomic mass is 16.6. The van der Waals surface area contributed by atoms with Crippen molar-refractivity contribution in [2.24, 2.45) is 0 Å². The highest BCUT2D eigenvalue weighted by molar-refractivity contribution is 6.00. The van der Waals surface area contributed by atoms with Gasteiger partial charge >= 0.3 is 0 Å². The van der Waals surface area contributed by atoms with E-state index in [1.807, 2.05) is 49.4 Å². The molecule has 0 fully saturated rings. The number of rotatable bonds is 6. The van der Waals surface area contributed by atoms with Crippen molar-refractivity contribution < 1.29 is 9.72 Å². The number of anilines is 1. The molecule has 0 saturated carbocycles. The number of aromatic nitrogens is 1. The molecule has 2 aromatic carbocycles. The number of carbonyl (C=O) groups excluding carboxylic acids is 1. The van der Waals surface area contributed by atoms with Gasteiger partial charge in [0.25, 0.3) is 11.6 Å². The zero-order chi connectivity index (χ0) is 20.1. The zero-order valence-electron chi connectivity index (χ0n) is 15.5. The zero-order valence-corrected chi connectivity index (χ0v) is 15.5. The van der Waals surface area contributed by atoms with E-state index in [2.05, 4.69) is 15.6 Å². The van der Waals surface area contributed by atoms with E-state index >= 15 is 0 Å². The summed E-state index contributed by atoms with van der Waals surface area (Å²) < 4.78 is 0. The lowest BCUT2D eigenvalue weighted by Gasteiger charge is -2.22. The third-order valence-corrected chi connectivity index (χ3v) is 4.34. The molecule has 3 rings (SSSR count). The molecule has 0 saturated heterocycles. The predicted molar refractivity (Wildman–Crippen MR) is 107 cm³/mol. The van der Waals surface area contributed by atoms with Crippen LogP contribution in [0.5, 0.6) is 0 Å². The molecule has 0 bridgehead atoms. The van der Waals surface area contributed by atoms with Gasteiger partial charge in [0.15, 0.2) is 0 Å². The lowest BCUT2D eigenvalue weighted by Crippen LogP contribution is -2.22. The molecule has 1 atom stereocenters. The summed E-state index contributed by atoms with van der Waals surface area (Å²) in [6, 6.07) is 17.5. The third-order valence-electron chi connectivity index (χ3n) is 4.34. The van der Waals surface area contributed by atoms with Gasteiger partial charge in [-0.3, -0.25) is 19.9 Å². The highest BCUT2D eigenvalue weighted by Gasteiger charge is 2.21. The summed E-state index contributed by atoms with van der Waals surface area (Å²) in [5.74, 6) is -0.407. The Bertz CT molecular complexity index is 1010. The van der Waals surface area contributed by atoms with E-state index in [0.29, 0.717) is 5.69 Å². The van der Waals surface area contributed by atoms with Crippen LogP contribution in [0.15, 0.2) is 66.9 Å². The fraction of sp³-hybridized carbons (Fsp3) is 0.143. The summed E-state index contributed by atoms with van der Waals surface area (Å²) in [4.78, 5) is 27.4. The van der Waals surface area contributed by atoms with Crippen molar-refractivity contribution in [3.05, 3.63) is 99.4 Å². The summed E-state index contributed by atoms with van der Waals surface area (Å²) >= 11 is 0. The standard InChI is InChI=1S/C21H20N4O3/c1-14-6-5-7-15(12-14)20(19-8-3-4-11-23-19)24-18-10-9-16(25(27)28)13-17(18)21(26)22-2/h3-13,20,24H,1-2H3,(H,22,26). The minimum absolute atomic E-state index is 0.144.